The predicted molar refractivity (Wildman–Crippen MR) is 44.2 cm³/mol. The minimum Gasteiger partial charge on any atom is -0.378 e. The molecule has 0 aromatic carbocycles. The van der Waals surface area contributed by atoms with Crippen molar-refractivity contribution in [3.8, 4) is 0 Å². The Hall–Kier alpha value is -0.770. The van der Waals surface area contributed by atoms with E-state index in [1.807, 2.05) is 0 Å². The fraction of sp³-hybridized carbons (Fsp3) is 0.857. The zero-order chi connectivity index (χ0) is 8.27. The molecule has 2 unspecified atom stereocenters. The second-order valence-corrected chi connectivity index (χ2v) is 2.89. The molecule has 4 heteroatoms. The van der Waals surface area contributed by atoms with Crippen molar-refractivity contribution in [2.75, 3.05) is 13.2 Å². The van der Waals surface area contributed by atoms with Gasteiger partial charge in [0.05, 0.1) is 6.10 Å². The Morgan fingerprint density at radius 2 is 2.36 bits per heavy atom. The maximum Gasteiger partial charge on any atom is 0.185 e. The molecule has 0 radical (unpaired) electrons. The first-order valence-corrected chi connectivity index (χ1v) is 3.87. The van der Waals surface area contributed by atoms with E-state index in [2.05, 4.69) is 11.9 Å². The molecular weight excluding hydrogens is 142 g/mol. The third-order valence-corrected chi connectivity index (χ3v) is 2.04. The summed E-state index contributed by atoms with van der Waals surface area (Å²) in [6.07, 6.45) is 1.37. The summed E-state index contributed by atoms with van der Waals surface area (Å²) in [5.41, 5.74) is 10.4. The SMILES string of the molecule is CC1OCCC1CN=C(N)N. The van der Waals surface area contributed by atoms with Crippen LogP contribution in [0, 0.1) is 5.92 Å². The molecular formula is C7H15N3O. The number of guanidine groups is 1. The van der Waals surface area contributed by atoms with Crippen molar-refractivity contribution < 1.29 is 4.74 Å². The van der Waals surface area contributed by atoms with Crippen LogP contribution < -0.4 is 11.5 Å². The first kappa shape index (κ1) is 8.33. The van der Waals surface area contributed by atoms with Crippen molar-refractivity contribution in [1.82, 2.24) is 0 Å². The van der Waals surface area contributed by atoms with Crippen LogP contribution in [-0.4, -0.2) is 25.2 Å². The molecule has 1 aliphatic rings. The summed E-state index contributed by atoms with van der Waals surface area (Å²) in [6, 6.07) is 0. The molecule has 2 atom stereocenters. The lowest BCUT2D eigenvalue weighted by Crippen LogP contribution is -2.25. The molecule has 0 aromatic rings. The fourth-order valence-corrected chi connectivity index (χ4v) is 1.24. The van der Waals surface area contributed by atoms with Crippen LogP contribution in [0.2, 0.25) is 0 Å². The van der Waals surface area contributed by atoms with Crippen LogP contribution in [0.1, 0.15) is 13.3 Å². The highest BCUT2D eigenvalue weighted by Gasteiger charge is 2.23. The minimum absolute atomic E-state index is 0.170. The molecule has 1 aliphatic heterocycles. The van der Waals surface area contributed by atoms with Gasteiger partial charge in [-0.15, -0.1) is 0 Å². The zero-order valence-corrected chi connectivity index (χ0v) is 6.79. The van der Waals surface area contributed by atoms with Gasteiger partial charge in [-0.25, -0.2) is 0 Å². The molecule has 1 saturated heterocycles. The van der Waals surface area contributed by atoms with Crippen LogP contribution in [0.5, 0.6) is 0 Å². The van der Waals surface area contributed by atoms with Gasteiger partial charge in [0.1, 0.15) is 0 Å². The standard InChI is InChI=1S/C7H15N3O/c1-5-6(2-3-11-5)4-10-7(8)9/h5-6H,2-4H2,1H3,(H4,8,9,10). The van der Waals surface area contributed by atoms with Crippen LogP contribution in [-0.2, 0) is 4.74 Å². The summed E-state index contributed by atoms with van der Waals surface area (Å²) in [5, 5.41) is 0. The third-order valence-electron chi connectivity index (χ3n) is 2.04. The van der Waals surface area contributed by atoms with Crippen molar-refractivity contribution in [3.63, 3.8) is 0 Å². The molecule has 0 amide bonds. The van der Waals surface area contributed by atoms with Crippen LogP contribution >= 0.6 is 0 Å². The minimum atomic E-state index is 0.170. The molecule has 1 fully saturated rings. The Morgan fingerprint density at radius 1 is 1.64 bits per heavy atom. The number of nitrogens with zero attached hydrogens (tertiary/aromatic N) is 1. The van der Waals surface area contributed by atoms with E-state index in [9.17, 15) is 0 Å². The molecule has 4 nitrogen and oxygen atoms in total. The summed E-state index contributed by atoms with van der Waals surface area (Å²) >= 11 is 0. The highest BCUT2D eigenvalue weighted by Crippen LogP contribution is 2.20. The van der Waals surface area contributed by atoms with Crippen molar-refractivity contribution >= 4 is 5.96 Å². The van der Waals surface area contributed by atoms with Crippen LogP contribution in [0.4, 0.5) is 0 Å². The highest BCUT2D eigenvalue weighted by atomic mass is 16.5. The zero-order valence-electron chi connectivity index (χ0n) is 6.79. The average Bonchev–Trinajstić information content (AvgIpc) is 2.31. The molecule has 4 N–H and O–H groups in total. The van der Waals surface area contributed by atoms with E-state index < -0.39 is 0 Å². The Labute approximate surface area is 66.6 Å². The summed E-state index contributed by atoms with van der Waals surface area (Å²) in [6.45, 7) is 3.59. The number of nitrogens with two attached hydrogens (primary N) is 2. The molecule has 1 heterocycles. The van der Waals surface area contributed by atoms with Crippen molar-refractivity contribution in [2.24, 2.45) is 22.4 Å². The molecule has 0 aliphatic carbocycles. The monoisotopic (exact) mass is 157 g/mol. The Morgan fingerprint density at radius 3 is 2.82 bits per heavy atom. The van der Waals surface area contributed by atoms with Gasteiger partial charge in [-0.05, 0) is 13.3 Å². The largest absolute Gasteiger partial charge is 0.378 e. The number of aliphatic imine (C=N–C) groups is 1. The third kappa shape index (κ3) is 2.38. The maximum absolute atomic E-state index is 5.35. The summed E-state index contributed by atoms with van der Waals surface area (Å²) in [4.78, 5) is 3.95. The summed E-state index contributed by atoms with van der Waals surface area (Å²) < 4.78 is 5.35. The van der Waals surface area contributed by atoms with Crippen LogP contribution in [0.25, 0.3) is 0 Å². The molecule has 0 saturated carbocycles. The lowest BCUT2D eigenvalue weighted by molar-refractivity contribution is 0.107. The molecule has 1 rings (SSSR count). The lowest BCUT2D eigenvalue weighted by atomic mass is 10.0. The fourth-order valence-electron chi connectivity index (χ4n) is 1.24. The Kier molecular flexibility index (Phi) is 2.70. The van der Waals surface area contributed by atoms with Gasteiger partial charge in [0.25, 0.3) is 0 Å². The normalized spacial score (nSPS) is 30.3. The number of hydrogen-bond acceptors (Lipinski definition) is 2. The van der Waals surface area contributed by atoms with Gasteiger partial charge in [0, 0.05) is 19.1 Å². The van der Waals surface area contributed by atoms with Crippen LogP contribution in [0.15, 0.2) is 4.99 Å². The molecule has 0 bridgehead atoms. The Bertz CT molecular complexity index is 154. The van der Waals surface area contributed by atoms with Crippen molar-refractivity contribution in [1.29, 1.82) is 0 Å². The molecule has 0 spiro atoms. The quantitative estimate of drug-likeness (QED) is 0.426. The van der Waals surface area contributed by atoms with Gasteiger partial charge in [-0.1, -0.05) is 0 Å². The van der Waals surface area contributed by atoms with Gasteiger partial charge in [0.2, 0.25) is 0 Å². The van der Waals surface area contributed by atoms with Gasteiger partial charge in [0.15, 0.2) is 5.96 Å². The topological polar surface area (TPSA) is 73.6 Å². The second-order valence-electron chi connectivity index (χ2n) is 2.89. The molecule has 11 heavy (non-hydrogen) atoms. The van der Waals surface area contributed by atoms with E-state index in [-0.39, 0.29) is 5.96 Å². The maximum atomic E-state index is 5.35. The van der Waals surface area contributed by atoms with E-state index in [0.717, 1.165) is 13.0 Å². The highest BCUT2D eigenvalue weighted by molar-refractivity contribution is 5.75. The first-order chi connectivity index (χ1) is 5.20. The number of hydrogen-bond donors (Lipinski definition) is 2. The predicted octanol–water partition coefficient (Wildman–Crippen LogP) is -0.315. The molecule has 0 aromatic heterocycles. The van der Waals surface area contributed by atoms with Crippen LogP contribution in [0.3, 0.4) is 0 Å². The van der Waals surface area contributed by atoms with Crippen molar-refractivity contribution in [2.45, 2.75) is 19.4 Å². The number of ether oxygens (including phenoxy) is 1. The lowest BCUT2D eigenvalue weighted by Gasteiger charge is -2.10. The smallest absolute Gasteiger partial charge is 0.185 e. The van der Waals surface area contributed by atoms with E-state index >= 15 is 0 Å². The average molecular weight is 157 g/mol. The number of rotatable bonds is 2. The summed E-state index contributed by atoms with van der Waals surface area (Å²) in [7, 11) is 0. The van der Waals surface area contributed by atoms with Gasteiger partial charge in [-0.3, -0.25) is 4.99 Å². The van der Waals surface area contributed by atoms with Crippen molar-refractivity contribution in [3.05, 3.63) is 0 Å². The summed E-state index contributed by atoms with van der Waals surface area (Å²) in [5.74, 6) is 0.668. The molecule has 64 valence electrons. The van der Waals surface area contributed by atoms with E-state index in [1.165, 1.54) is 0 Å². The van der Waals surface area contributed by atoms with E-state index in [0.29, 0.717) is 18.6 Å². The first-order valence-electron chi connectivity index (χ1n) is 3.87. The van der Waals surface area contributed by atoms with Gasteiger partial charge < -0.3 is 16.2 Å². The van der Waals surface area contributed by atoms with E-state index in [4.69, 9.17) is 16.2 Å². The van der Waals surface area contributed by atoms with Gasteiger partial charge >= 0.3 is 0 Å². The second kappa shape index (κ2) is 3.57. The van der Waals surface area contributed by atoms with Gasteiger partial charge in [-0.2, -0.15) is 0 Å². The Balaban J connectivity index is 2.31. The van der Waals surface area contributed by atoms with E-state index in [1.54, 1.807) is 0 Å².